The smallest absolute Gasteiger partial charge is 0.139 e. The van der Waals surface area contributed by atoms with Crippen LogP contribution in [0.5, 0.6) is 0 Å². The van der Waals surface area contributed by atoms with Gasteiger partial charge in [0.15, 0.2) is 0 Å². The van der Waals surface area contributed by atoms with E-state index in [2.05, 4.69) is 35.8 Å². The summed E-state index contributed by atoms with van der Waals surface area (Å²) in [5.41, 5.74) is 0.101. The SMILES string of the molecule is CC(C)(C)c1ncc(-n2cncn2)s1. The van der Waals surface area contributed by atoms with Crippen molar-refractivity contribution in [2.24, 2.45) is 0 Å². The van der Waals surface area contributed by atoms with Gasteiger partial charge < -0.3 is 0 Å². The van der Waals surface area contributed by atoms with Crippen LogP contribution >= 0.6 is 11.3 Å². The molecule has 0 aliphatic heterocycles. The second kappa shape index (κ2) is 3.16. The summed E-state index contributed by atoms with van der Waals surface area (Å²) in [7, 11) is 0. The zero-order valence-corrected chi connectivity index (χ0v) is 9.25. The Morgan fingerprint density at radius 1 is 1.36 bits per heavy atom. The summed E-state index contributed by atoms with van der Waals surface area (Å²) >= 11 is 1.65. The number of hydrogen-bond acceptors (Lipinski definition) is 4. The lowest BCUT2D eigenvalue weighted by atomic mass is 9.98. The van der Waals surface area contributed by atoms with Crippen LogP contribution in [0.1, 0.15) is 25.8 Å². The van der Waals surface area contributed by atoms with E-state index >= 15 is 0 Å². The third-order valence-corrected chi connectivity index (χ3v) is 3.19. The summed E-state index contributed by atoms with van der Waals surface area (Å²) in [5, 5.41) is 6.18. The molecule has 0 aliphatic carbocycles. The van der Waals surface area contributed by atoms with Crippen LogP contribution in [0.4, 0.5) is 0 Å². The lowest BCUT2D eigenvalue weighted by Crippen LogP contribution is -2.09. The molecule has 0 amide bonds. The van der Waals surface area contributed by atoms with Crippen LogP contribution in [0.15, 0.2) is 18.9 Å². The second-order valence-corrected chi connectivity index (χ2v) is 5.10. The molecule has 0 aromatic carbocycles. The van der Waals surface area contributed by atoms with Crippen LogP contribution < -0.4 is 0 Å². The van der Waals surface area contributed by atoms with E-state index in [1.165, 1.54) is 6.33 Å². The van der Waals surface area contributed by atoms with Gasteiger partial charge in [-0.2, -0.15) is 5.10 Å². The van der Waals surface area contributed by atoms with Gasteiger partial charge in [-0.25, -0.2) is 14.6 Å². The largest absolute Gasteiger partial charge is 0.247 e. The molecule has 74 valence electrons. The Hall–Kier alpha value is -1.23. The summed E-state index contributed by atoms with van der Waals surface area (Å²) in [4.78, 5) is 8.27. The highest BCUT2D eigenvalue weighted by molar-refractivity contribution is 7.14. The van der Waals surface area contributed by atoms with Gasteiger partial charge >= 0.3 is 0 Å². The maximum atomic E-state index is 4.37. The Morgan fingerprint density at radius 2 is 2.14 bits per heavy atom. The monoisotopic (exact) mass is 208 g/mol. The zero-order chi connectivity index (χ0) is 10.2. The number of nitrogens with zero attached hydrogens (tertiary/aromatic N) is 4. The van der Waals surface area contributed by atoms with E-state index in [4.69, 9.17) is 0 Å². The van der Waals surface area contributed by atoms with Gasteiger partial charge in [0, 0.05) is 5.41 Å². The molecular formula is C9H12N4S. The standard InChI is InChI=1S/C9H12N4S/c1-9(2,3)8-11-4-7(14-8)13-6-10-5-12-13/h4-6H,1-3H3. The van der Waals surface area contributed by atoms with Crippen molar-refractivity contribution >= 4 is 11.3 Å². The number of thiazole rings is 1. The van der Waals surface area contributed by atoms with Crippen LogP contribution in [0.2, 0.25) is 0 Å². The molecule has 0 fully saturated rings. The first-order chi connectivity index (χ1) is 6.57. The normalized spacial score (nSPS) is 11.9. The molecule has 4 nitrogen and oxygen atoms in total. The van der Waals surface area contributed by atoms with Crippen molar-refractivity contribution in [1.29, 1.82) is 0 Å². The molecule has 0 radical (unpaired) electrons. The van der Waals surface area contributed by atoms with E-state index in [0.717, 1.165) is 10.0 Å². The predicted molar refractivity (Wildman–Crippen MR) is 55.7 cm³/mol. The summed E-state index contributed by atoms with van der Waals surface area (Å²) in [6, 6.07) is 0. The minimum atomic E-state index is 0.101. The summed E-state index contributed by atoms with van der Waals surface area (Å²) in [6.07, 6.45) is 5.04. The molecular weight excluding hydrogens is 196 g/mol. The Morgan fingerprint density at radius 3 is 2.64 bits per heavy atom. The van der Waals surface area contributed by atoms with Crippen LogP contribution in [-0.2, 0) is 5.41 Å². The molecule has 2 aromatic heterocycles. The first kappa shape index (κ1) is 9.33. The lowest BCUT2D eigenvalue weighted by molar-refractivity contribution is 0.585. The maximum Gasteiger partial charge on any atom is 0.139 e. The highest BCUT2D eigenvalue weighted by Crippen LogP contribution is 2.27. The fraction of sp³-hybridized carbons (Fsp3) is 0.444. The van der Waals surface area contributed by atoms with Crippen LogP contribution in [0.3, 0.4) is 0 Å². The van der Waals surface area contributed by atoms with Gasteiger partial charge in [0.25, 0.3) is 0 Å². The highest BCUT2D eigenvalue weighted by atomic mass is 32.1. The Balaban J connectivity index is 2.36. The van der Waals surface area contributed by atoms with Gasteiger partial charge in [0.2, 0.25) is 0 Å². The van der Waals surface area contributed by atoms with Crippen molar-refractivity contribution in [3.63, 3.8) is 0 Å². The van der Waals surface area contributed by atoms with Gasteiger partial charge in [0.05, 0.1) is 6.20 Å². The number of hydrogen-bond donors (Lipinski definition) is 0. The molecule has 0 spiro atoms. The molecule has 0 N–H and O–H groups in total. The van der Waals surface area contributed by atoms with Gasteiger partial charge in [-0.3, -0.25) is 0 Å². The van der Waals surface area contributed by atoms with Crippen molar-refractivity contribution in [2.45, 2.75) is 26.2 Å². The molecule has 0 unspecified atom stereocenters. The summed E-state index contributed by atoms with van der Waals surface area (Å²) < 4.78 is 1.73. The average Bonchev–Trinajstić information content (AvgIpc) is 2.73. The average molecular weight is 208 g/mol. The topological polar surface area (TPSA) is 43.6 Å². The van der Waals surface area contributed by atoms with Gasteiger partial charge in [0.1, 0.15) is 22.7 Å². The van der Waals surface area contributed by atoms with E-state index in [1.54, 1.807) is 22.3 Å². The molecule has 0 saturated heterocycles. The molecule has 5 heteroatoms. The molecule has 2 rings (SSSR count). The first-order valence-corrected chi connectivity index (χ1v) is 5.20. The van der Waals surface area contributed by atoms with E-state index in [1.807, 2.05) is 6.20 Å². The van der Waals surface area contributed by atoms with Gasteiger partial charge in [-0.1, -0.05) is 32.1 Å². The van der Waals surface area contributed by atoms with E-state index < -0.39 is 0 Å². The van der Waals surface area contributed by atoms with Crippen molar-refractivity contribution < 1.29 is 0 Å². The summed E-state index contributed by atoms with van der Waals surface area (Å²) in [5.74, 6) is 0. The van der Waals surface area contributed by atoms with Crippen molar-refractivity contribution in [2.75, 3.05) is 0 Å². The Kier molecular flexibility index (Phi) is 2.11. The van der Waals surface area contributed by atoms with E-state index in [0.29, 0.717) is 0 Å². The van der Waals surface area contributed by atoms with Gasteiger partial charge in [-0.15, -0.1) is 0 Å². The fourth-order valence-electron chi connectivity index (χ4n) is 1.04. The molecule has 0 atom stereocenters. The van der Waals surface area contributed by atoms with Crippen LogP contribution in [0, 0.1) is 0 Å². The Bertz CT molecular complexity index is 410. The molecule has 2 heterocycles. The van der Waals surface area contributed by atoms with Gasteiger partial charge in [-0.05, 0) is 0 Å². The molecule has 0 aliphatic rings. The number of aromatic nitrogens is 4. The van der Waals surface area contributed by atoms with Crippen molar-refractivity contribution in [3.05, 3.63) is 23.9 Å². The zero-order valence-electron chi connectivity index (χ0n) is 8.43. The summed E-state index contributed by atoms with van der Waals surface area (Å²) in [6.45, 7) is 6.45. The fourth-order valence-corrected chi connectivity index (χ4v) is 1.94. The maximum absolute atomic E-state index is 4.37. The minimum Gasteiger partial charge on any atom is -0.247 e. The highest BCUT2D eigenvalue weighted by Gasteiger charge is 2.18. The lowest BCUT2D eigenvalue weighted by Gasteiger charge is -2.13. The third kappa shape index (κ3) is 1.68. The quantitative estimate of drug-likeness (QED) is 0.720. The minimum absolute atomic E-state index is 0.101. The number of rotatable bonds is 1. The van der Waals surface area contributed by atoms with E-state index in [9.17, 15) is 0 Å². The van der Waals surface area contributed by atoms with Crippen molar-refractivity contribution in [1.82, 2.24) is 19.7 Å². The molecule has 14 heavy (non-hydrogen) atoms. The molecule has 2 aromatic rings. The van der Waals surface area contributed by atoms with E-state index in [-0.39, 0.29) is 5.41 Å². The van der Waals surface area contributed by atoms with Crippen LogP contribution in [-0.4, -0.2) is 19.7 Å². The predicted octanol–water partition coefficient (Wildman–Crippen LogP) is 2.02. The third-order valence-electron chi connectivity index (χ3n) is 1.78. The van der Waals surface area contributed by atoms with Crippen molar-refractivity contribution in [3.8, 4) is 5.00 Å². The first-order valence-electron chi connectivity index (χ1n) is 4.39. The Labute approximate surface area is 86.6 Å². The second-order valence-electron chi connectivity index (χ2n) is 4.09. The molecule has 0 saturated carbocycles. The molecule has 0 bridgehead atoms. The van der Waals surface area contributed by atoms with Crippen LogP contribution in [0.25, 0.3) is 5.00 Å².